The van der Waals surface area contributed by atoms with Crippen molar-refractivity contribution in [3.05, 3.63) is 89.7 Å². The summed E-state index contributed by atoms with van der Waals surface area (Å²) in [5.41, 5.74) is 5.06. The van der Waals surface area contributed by atoms with Crippen molar-refractivity contribution in [2.24, 2.45) is 0 Å². The molecule has 1 saturated heterocycles. The number of fused-ring (bicyclic) bond motifs is 2. The van der Waals surface area contributed by atoms with E-state index in [1.54, 1.807) is 7.11 Å². The van der Waals surface area contributed by atoms with Crippen LogP contribution in [0.3, 0.4) is 0 Å². The first-order chi connectivity index (χ1) is 18.1. The van der Waals surface area contributed by atoms with Crippen LogP contribution in [-0.4, -0.2) is 46.5 Å². The lowest BCUT2D eigenvalue weighted by Crippen LogP contribution is -2.38. The zero-order valence-electron chi connectivity index (χ0n) is 21.0. The molecule has 4 aromatic rings. The average molecular weight is 495 g/mol. The van der Waals surface area contributed by atoms with E-state index in [4.69, 9.17) is 9.72 Å². The molecule has 188 valence electrons. The number of anilines is 1. The van der Waals surface area contributed by atoms with Gasteiger partial charge in [0.15, 0.2) is 0 Å². The number of amides is 2. The van der Waals surface area contributed by atoms with Crippen molar-refractivity contribution in [2.45, 2.75) is 38.3 Å². The molecule has 0 aliphatic carbocycles. The summed E-state index contributed by atoms with van der Waals surface area (Å²) >= 11 is 0. The fourth-order valence-electron chi connectivity index (χ4n) is 5.63. The maximum atomic E-state index is 13.7. The number of carbonyl (C=O) groups excluding carboxylic acids is 2. The van der Waals surface area contributed by atoms with E-state index in [1.807, 2.05) is 81.1 Å². The molecule has 7 heteroatoms. The number of nitrogens with zero attached hydrogens (tertiary/aromatic N) is 4. The summed E-state index contributed by atoms with van der Waals surface area (Å²) in [7, 11) is 1.64. The van der Waals surface area contributed by atoms with Gasteiger partial charge in [-0.15, -0.1) is 0 Å². The zero-order valence-corrected chi connectivity index (χ0v) is 21.0. The Bertz CT molecular complexity index is 1460. The monoisotopic (exact) mass is 494 g/mol. The number of imidazole rings is 1. The fourth-order valence-corrected chi connectivity index (χ4v) is 5.63. The van der Waals surface area contributed by atoms with Crippen LogP contribution >= 0.6 is 0 Å². The first-order valence-electron chi connectivity index (χ1n) is 12.8. The molecule has 0 radical (unpaired) electrons. The summed E-state index contributed by atoms with van der Waals surface area (Å²) in [5, 5.41) is 0. The molecular weight excluding hydrogens is 464 g/mol. The number of ether oxygens (including phenoxy) is 1. The van der Waals surface area contributed by atoms with Crippen molar-refractivity contribution in [2.75, 3.05) is 25.1 Å². The second kappa shape index (κ2) is 9.73. The smallest absolute Gasteiger partial charge is 0.246 e. The Balaban J connectivity index is 1.27. The van der Waals surface area contributed by atoms with Crippen LogP contribution in [0.2, 0.25) is 0 Å². The highest BCUT2D eigenvalue weighted by Gasteiger charge is 2.35. The molecule has 1 aromatic heterocycles. The average Bonchev–Trinajstić information content (AvgIpc) is 3.48. The van der Waals surface area contributed by atoms with E-state index in [0.29, 0.717) is 19.5 Å². The molecular formula is C30H30N4O3. The summed E-state index contributed by atoms with van der Waals surface area (Å²) < 4.78 is 7.28. The van der Waals surface area contributed by atoms with Crippen molar-refractivity contribution < 1.29 is 14.3 Å². The van der Waals surface area contributed by atoms with Gasteiger partial charge in [0, 0.05) is 37.7 Å². The third-order valence-electron chi connectivity index (χ3n) is 7.50. The van der Waals surface area contributed by atoms with Crippen molar-refractivity contribution in [3.63, 3.8) is 0 Å². The highest BCUT2D eigenvalue weighted by molar-refractivity contribution is 5.95. The van der Waals surface area contributed by atoms with Crippen LogP contribution < -0.4 is 9.64 Å². The molecule has 7 nitrogen and oxygen atoms in total. The molecule has 0 spiro atoms. The summed E-state index contributed by atoms with van der Waals surface area (Å²) in [5.74, 6) is 1.70. The molecule has 0 N–H and O–H groups in total. The van der Waals surface area contributed by atoms with Crippen LogP contribution in [-0.2, 0) is 29.1 Å². The Morgan fingerprint density at radius 1 is 1.03 bits per heavy atom. The molecule has 0 bridgehead atoms. The van der Waals surface area contributed by atoms with Gasteiger partial charge < -0.3 is 19.1 Å². The van der Waals surface area contributed by atoms with Crippen molar-refractivity contribution >= 4 is 28.5 Å². The molecule has 3 heterocycles. The molecule has 1 fully saturated rings. The lowest BCUT2D eigenvalue weighted by molar-refractivity contribution is -0.128. The van der Waals surface area contributed by atoms with Crippen molar-refractivity contribution in [1.82, 2.24) is 14.5 Å². The number of aromatic nitrogens is 2. The maximum absolute atomic E-state index is 13.7. The van der Waals surface area contributed by atoms with Gasteiger partial charge in [0.1, 0.15) is 18.1 Å². The van der Waals surface area contributed by atoms with Crippen LogP contribution in [0.5, 0.6) is 5.75 Å². The van der Waals surface area contributed by atoms with E-state index >= 15 is 0 Å². The standard InChI is InChI=1S/C30H30N4O3/c1-37-24-14-12-21(13-15-24)18-32-19-23(17-28(32)35)30-31-25-9-3-5-11-27(25)34(30)20-29(36)33-16-6-8-22-7-2-4-10-26(22)33/h2-5,7,9-15,23H,6,8,16-20H2,1H3. The van der Waals surface area contributed by atoms with E-state index in [-0.39, 0.29) is 24.3 Å². The van der Waals surface area contributed by atoms with Gasteiger partial charge in [-0.05, 0) is 54.3 Å². The predicted molar refractivity (Wildman–Crippen MR) is 143 cm³/mol. The third kappa shape index (κ3) is 4.46. The van der Waals surface area contributed by atoms with Gasteiger partial charge in [0.25, 0.3) is 0 Å². The summed E-state index contributed by atoms with van der Waals surface area (Å²) in [6.07, 6.45) is 2.34. The van der Waals surface area contributed by atoms with Gasteiger partial charge in [0.2, 0.25) is 11.8 Å². The second-order valence-electron chi connectivity index (χ2n) is 9.85. The minimum absolute atomic E-state index is 0.0518. The number of aryl methyl sites for hydroxylation is 1. The van der Waals surface area contributed by atoms with Gasteiger partial charge in [-0.1, -0.05) is 42.5 Å². The number of rotatable bonds is 6. The normalized spacial score (nSPS) is 17.3. The maximum Gasteiger partial charge on any atom is 0.246 e. The van der Waals surface area contributed by atoms with E-state index in [2.05, 4.69) is 6.07 Å². The molecule has 37 heavy (non-hydrogen) atoms. The van der Waals surface area contributed by atoms with Gasteiger partial charge in [-0.25, -0.2) is 4.98 Å². The van der Waals surface area contributed by atoms with Crippen LogP contribution in [0, 0.1) is 0 Å². The molecule has 3 aromatic carbocycles. The van der Waals surface area contributed by atoms with Crippen LogP contribution in [0.15, 0.2) is 72.8 Å². The minimum Gasteiger partial charge on any atom is -0.497 e. The molecule has 1 atom stereocenters. The quantitative estimate of drug-likeness (QED) is 0.395. The van der Waals surface area contributed by atoms with Gasteiger partial charge in [0.05, 0.1) is 18.1 Å². The van der Waals surface area contributed by atoms with Crippen LogP contribution in [0.4, 0.5) is 5.69 Å². The summed E-state index contributed by atoms with van der Waals surface area (Å²) in [6.45, 7) is 2.04. The largest absolute Gasteiger partial charge is 0.497 e. The van der Waals surface area contributed by atoms with Crippen LogP contribution in [0.25, 0.3) is 11.0 Å². The zero-order chi connectivity index (χ0) is 25.4. The lowest BCUT2D eigenvalue weighted by atomic mass is 10.0. The number of hydrogen-bond donors (Lipinski definition) is 0. The van der Waals surface area contributed by atoms with Crippen molar-refractivity contribution in [3.8, 4) is 5.75 Å². The molecule has 1 unspecified atom stereocenters. The van der Waals surface area contributed by atoms with E-state index in [0.717, 1.165) is 53.2 Å². The number of benzene rings is 3. The van der Waals surface area contributed by atoms with Gasteiger partial charge in [-0.2, -0.15) is 0 Å². The third-order valence-corrected chi connectivity index (χ3v) is 7.50. The Hall–Kier alpha value is -4.13. The Morgan fingerprint density at radius 2 is 1.81 bits per heavy atom. The second-order valence-corrected chi connectivity index (χ2v) is 9.85. The Kier molecular flexibility index (Phi) is 6.12. The Morgan fingerprint density at radius 3 is 2.65 bits per heavy atom. The topological polar surface area (TPSA) is 67.7 Å². The number of methoxy groups -OCH3 is 1. The molecule has 2 aliphatic heterocycles. The highest BCUT2D eigenvalue weighted by Crippen LogP contribution is 2.32. The highest BCUT2D eigenvalue weighted by atomic mass is 16.5. The van der Waals surface area contributed by atoms with E-state index in [1.165, 1.54) is 5.56 Å². The molecule has 6 rings (SSSR count). The van der Waals surface area contributed by atoms with E-state index in [9.17, 15) is 9.59 Å². The van der Waals surface area contributed by atoms with Gasteiger partial charge in [-0.3, -0.25) is 9.59 Å². The first-order valence-corrected chi connectivity index (χ1v) is 12.8. The van der Waals surface area contributed by atoms with Crippen LogP contribution in [0.1, 0.15) is 35.7 Å². The summed E-state index contributed by atoms with van der Waals surface area (Å²) in [6, 6.07) is 23.9. The predicted octanol–water partition coefficient (Wildman–Crippen LogP) is 4.54. The molecule has 2 amide bonds. The SMILES string of the molecule is COc1ccc(CN2CC(c3nc4ccccc4n3CC(=O)N3CCCc4ccccc43)CC2=O)cc1. The molecule has 2 aliphatic rings. The fraction of sp³-hybridized carbons (Fsp3) is 0.300. The van der Waals surface area contributed by atoms with Gasteiger partial charge >= 0.3 is 0 Å². The Labute approximate surface area is 216 Å². The molecule has 0 saturated carbocycles. The number of hydrogen-bond acceptors (Lipinski definition) is 4. The van der Waals surface area contributed by atoms with Crippen molar-refractivity contribution in [1.29, 1.82) is 0 Å². The number of para-hydroxylation sites is 3. The number of carbonyl (C=O) groups is 2. The van der Waals surface area contributed by atoms with E-state index < -0.39 is 0 Å². The first kappa shape index (κ1) is 23.3. The minimum atomic E-state index is -0.0698. The number of likely N-dealkylation sites (tertiary alicyclic amines) is 1. The lowest BCUT2D eigenvalue weighted by Gasteiger charge is -2.30. The summed E-state index contributed by atoms with van der Waals surface area (Å²) in [4.78, 5) is 35.4.